The van der Waals surface area contributed by atoms with Crippen LogP contribution in [0.2, 0.25) is 5.02 Å². The first-order valence-electron chi connectivity index (χ1n) is 7.16. The number of amides is 1. The van der Waals surface area contributed by atoms with E-state index in [0.29, 0.717) is 29.6 Å². The lowest BCUT2D eigenvalue weighted by atomic mass is 10.2. The van der Waals surface area contributed by atoms with Gasteiger partial charge in [0.1, 0.15) is 5.69 Å². The van der Waals surface area contributed by atoms with E-state index >= 15 is 0 Å². The van der Waals surface area contributed by atoms with Gasteiger partial charge in [0.2, 0.25) is 0 Å². The number of hydrogen-bond donors (Lipinski definition) is 1. The number of rotatable bonds is 5. The van der Waals surface area contributed by atoms with Crippen molar-refractivity contribution in [2.45, 2.75) is 6.54 Å². The molecule has 2 heterocycles. The second-order valence-corrected chi connectivity index (χ2v) is 5.67. The zero-order valence-corrected chi connectivity index (χ0v) is 13.7. The molecular weight excluding hydrogens is 316 g/mol. The minimum atomic E-state index is -0.193. The molecule has 6 nitrogen and oxygen atoms in total. The molecule has 0 unspecified atom stereocenters. The van der Waals surface area contributed by atoms with E-state index < -0.39 is 0 Å². The first kappa shape index (κ1) is 15.6. The quantitative estimate of drug-likeness (QED) is 0.781. The number of hydrogen-bond acceptors (Lipinski definition) is 3. The van der Waals surface area contributed by atoms with Crippen LogP contribution in [0.1, 0.15) is 10.5 Å². The van der Waals surface area contributed by atoms with Gasteiger partial charge < -0.3 is 14.6 Å². The molecule has 3 rings (SSSR count). The topological polar surface area (TPSA) is 61.1 Å². The minimum absolute atomic E-state index is 0.193. The third kappa shape index (κ3) is 3.23. The number of nitrogens with one attached hydrogen (secondary N) is 1. The summed E-state index contributed by atoms with van der Waals surface area (Å²) >= 11 is 6.05. The number of carbonyl (C=O) groups excluding carboxylic acids is 1. The number of halogens is 1. The predicted octanol–water partition coefficient (Wildman–Crippen LogP) is 2.93. The third-order valence-electron chi connectivity index (χ3n) is 3.58. The summed E-state index contributed by atoms with van der Waals surface area (Å²) in [4.78, 5) is 12.6. The summed E-state index contributed by atoms with van der Waals surface area (Å²) in [5, 5.41) is 8.46. The van der Waals surface area contributed by atoms with Crippen LogP contribution in [0.25, 0.3) is 10.9 Å². The molecule has 0 aliphatic carbocycles. The molecule has 120 valence electrons. The van der Waals surface area contributed by atoms with E-state index in [9.17, 15) is 4.79 Å². The molecule has 1 amide bonds. The first-order valence-corrected chi connectivity index (χ1v) is 7.54. The molecule has 0 saturated carbocycles. The van der Waals surface area contributed by atoms with E-state index in [0.717, 1.165) is 10.9 Å². The number of ether oxygens (including phenoxy) is 1. The van der Waals surface area contributed by atoms with Crippen LogP contribution in [0.4, 0.5) is 5.69 Å². The maximum atomic E-state index is 12.6. The fraction of sp³-hybridized carbons (Fsp3) is 0.250. The van der Waals surface area contributed by atoms with Gasteiger partial charge >= 0.3 is 0 Å². The molecule has 0 spiro atoms. The van der Waals surface area contributed by atoms with E-state index in [1.165, 1.54) is 0 Å². The average molecular weight is 333 g/mol. The largest absolute Gasteiger partial charge is 0.383 e. The summed E-state index contributed by atoms with van der Waals surface area (Å²) in [5.41, 5.74) is 2.16. The summed E-state index contributed by atoms with van der Waals surface area (Å²) in [6, 6.07) is 7.41. The van der Waals surface area contributed by atoms with Gasteiger partial charge in [-0.1, -0.05) is 11.6 Å². The SMILES string of the molecule is COCCn1c(C(=O)Nc2cnn(C)c2)cc2cc(Cl)ccc21. The summed E-state index contributed by atoms with van der Waals surface area (Å²) in [5.74, 6) is -0.193. The normalized spacial score (nSPS) is 11.1. The van der Waals surface area contributed by atoms with Gasteiger partial charge in [0.15, 0.2) is 0 Å². The van der Waals surface area contributed by atoms with Gasteiger partial charge in [0.25, 0.3) is 5.91 Å². The zero-order valence-electron chi connectivity index (χ0n) is 12.9. The van der Waals surface area contributed by atoms with Crippen LogP contribution < -0.4 is 5.32 Å². The Kier molecular flexibility index (Phi) is 4.36. The Balaban J connectivity index is 1.98. The number of aromatic nitrogens is 3. The number of fused-ring (bicyclic) bond motifs is 1. The van der Waals surface area contributed by atoms with E-state index in [-0.39, 0.29) is 5.91 Å². The van der Waals surface area contributed by atoms with Gasteiger partial charge in [0, 0.05) is 42.8 Å². The molecule has 1 aromatic carbocycles. The van der Waals surface area contributed by atoms with Crippen molar-refractivity contribution in [3.8, 4) is 0 Å². The molecule has 3 aromatic rings. The van der Waals surface area contributed by atoms with Crippen molar-refractivity contribution >= 4 is 34.1 Å². The highest BCUT2D eigenvalue weighted by Gasteiger charge is 2.16. The zero-order chi connectivity index (χ0) is 16.4. The number of nitrogens with zero attached hydrogens (tertiary/aromatic N) is 3. The van der Waals surface area contributed by atoms with Crippen molar-refractivity contribution in [1.29, 1.82) is 0 Å². The minimum Gasteiger partial charge on any atom is -0.383 e. The molecule has 0 aliphatic heterocycles. The fourth-order valence-corrected chi connectivity index (χ4v) is 2.71. The number of carbonyl (C=O) groups is 1. The molecule has 7 heteroatoms. The third-order valence-corrected chi connectivity index (χ3v) is 3.81. The lowest BCUT2D eigenvalue weighted by molar-refractivity contribution is 0.101. The first-order chi connectivity index (χ1) is 11.1. The monoisotopic (exact) mass is 332 g/mol. The summed E-state index contributed by atoms with van der Waals surface area (Å²) in [6.45, 7) is 1.09. The maximum Gasteiger partial charge on any atom is 0.272 e. The molecule has 0 bridgehead atoms. The van der Waals surface area contributed by atoms with Crippen LogP contribution in [0, 0.1) is 0 Å². The molecule has 0 saturated heterocycles. The Bertz CT molecular complexity index is 853. The Labute approximate surface area is 138 Å². The van der Waals surface area contributed by atoms with Crippen molar-refractivity contribution in [3.05, 3.63) is 47.4 Å². The Morgan fingerprint density at radius 3 is 2.91 bits per heavy atom. The molecular formula is C16H17ClN4O2. The highest BCUT2D eigenvalue weighted by atomic mass is 35.5. The Morgan fingerprint density at radius 1 is 1.39 bits per heavy atom. The summed E-state index contributed by atoms with van der Waals surface area (Å²) in [6.07, 6.45) is 3.35. The van der Waals surface area contributed by atoms with Crippen LogP contribution in [0.3, 0.4) is 0 Å². The highest BCUT2D eigenvalue weighted by molar-refractivity contribution is 6.31. The van der Waals surface area contributed by atoms with Crippen molar-refractivity contribution in [1.82, 2.24) is 14.3 Å². The second kappa shape index (κ2) is 6.44. The van der Waals surface area contributed by atoms with Crippen LogP contribution in [-0.4, -0.2) is 34.0 Å². The smallest absolute Gasteiger partial charge is 0.272 e. The second-order valence-electron chi connectivity index (χ2n) is 5.23. The Morgan fingerprint density at radius 2 is 2.22 bits per heavy atom. The standard InChI is InChI=1S/C16H17ClN4O2/c1-20-10-13(9-18-20)19-16(22)15-8-11-7-12(17)3-4-14(11)21(15)5-6-23-2/h3-4,7-10H,5-6H2,1-2H3,(H,19,22). The van der Waals surface area contributed by atoms with Gasteiger partial charge in [-0.25, -0.2) is 0 Å². The molecule has 0 radical (unpaired) electrons. The fourth-order valence-electron chi connectivity index (χ4n) is 2.53. The number of anilines is 1. The number of aryl methyl sites for hydroxylation is 1. The number of methoxy groups -OCH3 is 1. The molecule has 1 N–H and O–H groups in total. The van der Waals surface area contributed by atoms with Crippen molar-refractivity contribution in [2.24, 2.45) is 7.05 Å². The molecule has 2 aromatic heterocycles. The number of benzene rings is 1. The maximum absolute atomic E-state index is 12.6. The Hall–Kier alpha value is -2.31. The van der Waals surface area contributed by atoms with Crippen molar-refractivity contribution in [3.63, 3.8) is 0 Å². The summed E-state index contributed by atoms with van der Waals surface area (Å²) < 4.78 is 8.72. The van der Waals surface area contributed by atoms with Crippen molar-refractivity contribution < 1.29 is 9.53 Å². The van der Waals surface area contributed by atoms with E-state index in [1.807, 2.05) is 28.8 Å². The van der Waals surface area contributed by atoms with Crippen LogP contribution in [0.5, 0.6) is 0 Å². The van der Waals surface area contributed by atoms with Crippen LogP contribution >= 0.6 is 11.6 Å². The lowest BCUT2D eigenvalue weighted by Crippen LogP contribution is -2.18. The molecule has 0 aliphatic rings. The van der Waals surface area contributed by atoms with Gasteiger partial charge in [-0.05, 0) is 24.3 Å². The average Bonchev–Trinajstić information content (AvgIpc) is 3.08. The van der Waals surface area contributed by atoms with E-state index in [2.05, 4.69) is 10.4 Å². The predicted molar refractivity (Wildman–Crippen MR) is 90.0 cm³/mol. The van der Waals surface area contributed by atoms with Crippen molar-refractivity contribution in [2.75, 3.05) is 19.0 Å². The van der Waals surface area contributed by atoms with Crippen LogP contribution in [-0.2, 0) is 18.3 Å². The van der Waals surface area contributed by atoms with Gasteiger partial charge in [-0.15, -0.1) is 0 Å². The summed E-state index contributed by atoms with van der Waals surface area (Å²) in [7, 11) is 3.44. The molecule has 23 heavy (non-hydrogen) atoms. The lowest BCUT2D eigenvalue weighted by Gasteiger charge is -2.10. The van der Waals surface area contributed by atoms with E-state index in [1.54, 1.807) is 31.2 Å². The van der Waals surface area contributed by atoms with Gasteiger partial charge in [0.05, 0.1) is 18.5 Å². The van der Waals surface area contributed by atoms with Gasteiger partial charge in [-0.2, -0.15) is 5.10 Å². The van der Waals surface area contributed by atoms with E-state index in [4.69, 9.17) is 16.3 Å². The highest BCUT2D eigenvalue weighted by Crippen LogP contribution is 2.24. The molecule has 0 fully saturated rings. The van der Waals surface area contributed by atoms with Gasteiger partial charge in [-0.3, -0.25) is 9.48 Å². The van der Waals surface area contributed by atoms with Crippen LogP contribution in [0.15, 0.2) is 36.7 Å². The molecule has 0 atom stereocenters.